The standard InChI is InChI=1S/C35H52N6O5/c1-38-17-10-26-22-32(43)39-18-11-28(12-19-39)41-16-5-8-30(41)34(45)37-35(23-31(42)36-15-9-27(26)24-38)13-20-40(21-14-35)33(44)25-46-29-6-3-2-4-7-29/h2-4,6-7,26-28,30H,5,8-25H2,1H3,(H,36,42)(H,37,45)/t26-,27-,30-/m0/s1. The fraction of sp³-hybridized carbons (Fsp3) is 0.714. The molecule has 4 amide bonds. The smallest absolute Gasteiger partial charge is 0.260 e. The van der Waals surface area contributed by atoms with Crippen LogP contribution < -0.4 is 15.4 Å². The van der Waals surface area contributed by atoms with Gasteiger partial charge in [-0.3, -0.25) is 24.1 Å². The molecule has 6 fully saturated rings. The summed E-state index contributed by atoms with van der Waals surface area (Å²) in [6.07, 6.45) is 7.20. The molecule has 1 aromatic rings. The van der Waals surface area contributed by atoms with E-state index in [2.05, 4.69) is 32.4 Å². The van der Waals surface area contributed by atoms with Crippen LogP contribution in [-0.4, -0.2) is 127 Å². The molecule has 0 aromatic heterocycles. The number of nitrogens with zero attached hydrogens (tertiary/aromatic N) is 4. The summed E-state index contributed by atoms with van der Waals surface area (Å²) in [6, 6.07) is 9.36. The van der Waals surface area contributed by atoms with Gasteiger partial charge in [0.2, 0.25) is 17.7 Å². The Kier molecular flexibility index (Phi) is 10.5. The minimum absolute atomic E-state index is 0.00908. The molecular formula is C35H52N6O5. The van der Waals surface area contributed by atoms with E-state index in [9.17, 15) is 19.2 Å². The highest BCUT2D eigenvalue weighted by atomic mass is 16.5. The number of hydrogen-bond acceptors (Lipinski definition) is 7. The van der Waals surface area contributed by atoms with E-state index in [1.165, 1.54) is 0 Å². The molecule has 252 valence electrons. The maximum Gasteiger partial charge on any atom is 0.260 e. The summed E-state index contributed by atoms with van der Waals surface area (Å²) >= 11 is 0. The summed E-state index contributed by atoms with van der Waals surface area (Å²) in [6.45, 7) is 5.75. The van der Waals surface area contributed by atoms with Gasteiger partial charge in [0.1, 0.15) is 5.75 Å². The lowest BCUT2D eigenvalue weighted by atomic mass is 9.80. The molecule has 0 radical (unpaired) electrons. The Balaban J connectivity index is 1.16. The van der Waals surface area contributed by atoms with Crippen LogP contribution >= 0.6 is 0 Å². The van der Waals surface area contributed by atoms with Crippen LogP contribution in [0.3, 0.4) is 0 Å². The maximum atomic E-state index is 14.0. The summed E-state index contributed by atoms with van der Waals surface area (Å²) in [5.41, 5.74) is -0.707. The Morgan fingerprint density at radius 1 is 0.913 bits per heavy atom. The van der Waals surface area contributed by atoms with Crippen molar-refractivity contribution in [3.05, 3.63) is 30.3 Å². The zero-order valence-corrected chi connectivity index (χ0v) is 27.5. The van der Waals surface area contributed by atoms with Crippen molar-refractivity contribution in [3.63, 3.8) is 0 Å². The van der Waals surface area contributed by atoms with Crippen molar-refractivity contribution in [2.24, 2.45) is 11.8 Å². The van der Waals surface area contributed by atoms with Crippen LogP contribution in [0.1, 0.15) is 64.2 Å². The van der Waals surface area contributed by atoms with Gasteiger partial charge in [-0.1, -0.05) is 18.2 Å². The van der Waals surface area contributed by atoms with Gasteiger partial charge >= 0.3 is 0 Å². The lowest BCUT2D eigenvalue weighted by Gasteiger charge is -2.44. The van der Waals surface area contributed by atoms with Crippen molar-refractivity contribution in [3.8, 4) is 5.75 Å². The highest BCUT2D eigenvalue weighted by Gasteiger charge is 2.44. The number of fused-ring (bicyclic) bond motifs is 8. The molecule has 6 aliphatic rings. The van der Waals surface area contributed by atoms with Crippen LogP contribution in [0.2, 0.25) is 0 Å². The van der Waals surface area contributed by atoms with Gasteiger partial charge in [0, 0.05) is 58.2 Å². The molecule has 7 rings (SSSR count). The molecular weight excluding hydrogens is 584 g/mol. The summed E-state index contributed by atoms with van der Waals surface area (Å²) in [5.74, 6) is 1.43. The molecule has 11 nitrogen and oxygen atoms in total. The summed E-state index contributed by atoms with van der Waals surface area (Å²) in [5, 5.41) is 6.55. The summed E-state index contributed by atoms with van der Waals surface area (Å²) in [4.78, 5) is 62.5. The van der Waals surface area contributed by atoms with Crippen molar-refractivity contribution in [1.29, 1.82) is 0 Å². The van der Waals surface area contributed by atoms with E-state index in [0.29, 0.717) is 56.5 Å². The summed E-state index contributed by atoms with van der Waals surface area (Å²) in [7, 11) is 2.13. The number of amides is 4. The van der Waals surface area contributed by atoms with Crippen LogP contribution in [0, 0.1) is 11.8 Å². The Labute approximate surface area is 273 Å². The van der Waals surface area contributed by atoms with Gasteiger partial charge in [-0.2, -0.15) is 0 Å². The second-order valence-corrected chi connectivity index (χ2v) is 14.4. The number of para-hydroxylation sites is 1. The number of carbonyl (C=O) groups is 4. The van der Waals surface area contributed by atoms with Crippen LogP contribution in [0.4, 0.5) is 0 Å². The van der Waals surface area contributed by atoms with E-state index in [1.54, 1.807) is 4.90 Å². The second kappa shape index (κ2) is 14.7. The molecule has 1 spiro atoms. The Hall–Kier alpha value is -3.18. The van der Waals surface area contributed by atoms with Gasteiger partial charge < -0.3 is 30.1 Å². The quantitative estimate of drug-likeness (QED) is 0.521. The molecule has 0 saturated carbocycles. The van der Waals surface area contributed by atoms with E-state index >= 15 is 0 Å². The molecule has 0 unspecified atom stereocenters. The first kappa shape index (κ1) is 32.7. The van der Waals surface area contributed by atoms with Crippen LogP contribution in [0.25, 0.3) is 0 Å². The average molecular weight is 637 g/mol. The maximum absolute atomic E-state index is 14.0. The fourth-order valence-electron chi connectivity index (χ4n) is 8.56. The lowest BCUT2D eigenvalue weighted by molar-refractivity contribution is -0.138. The number of likely N-dealkylation sites (tertiary alicyclic amines) is 2. The molecule has 0 aliphatic carbocycles. The molecule has 6 heterocycles. The van der Waals surface area contributed by atoms with Gasteiger partial charge in [0.05, 0.1) is 11.6 Å². The Morgan fingerprint density at radius 2 is 1.67 bits per heavy atom. The molecule has 2 N–H and O–H groups in total. The lowest BCUT2D eigenvalue weighted by Crippen LogP contribution is -2.61. The van der Waals surface area contributed by atoms with Gasteiger partial charge in [-0.25, -0.2) is 0 Å². The van der Waals surface area contributed by atoms with Gasteiger partial charge in [-0.15, -0.1) is 0 Å². The number of carbonyl (C=O) groups excluding carboxylic acids is 4. The second-order valence-electron chi connectivity index (χ2n) is 14.4. The zero-order valence-electron chi connectivity index (χ0n) is 27.5. The fourth-order valence-corrected chi connectivity index (χ4v) is 8.56. The first-order valence-corrected chi connectivity index (χ1v) is 17.5. The zero-order chi connectivity index (χ0) is 32.1. The molecule has 1 aromatic carbocycles. The highest BCUT2D eigenvalue weighted by Crippen LogP contribution is 2.33. The van der Waals surface area contributed by atoms with Crippen molar-refractivity contribution < 1.29 is 23.9 Å². The van der Waals surface area contributed by atoms with E-state index in [4.69, 9.17) is 4.74 Å². The van der Waals surface area contributed by atoms with Gasteiger partial charge in [0.25, 0.3) is 5.91 Å². The highest BCUT2D eigenvalue weighted by molar-refractivity contribution is 5.85. The Morgan fingerprint density at radius 3 is 2.43 bits per heavy atom. The normalized spacial score (nSPS) is 29.0. The molecule has 46 heavy (non-hydrogen) atoms. The number of rotatable bonds is 3. The topological polar surface area (TPSA) is 115 Å². The van der Waals surface area contributed by atoms with Crippen LogP contribution in [0.5, 0.6) is 5.75 Å². The third-order valence-corrected chi connectivity index (χ3v) is 11.3. The van der Waals surface area contributed by atoms with E-state index < -0.39 is 5.54 Å². The number of hydrogen-bond donors (Lipinski definition) is 2. The predicted molar refractivity (Wildman–Crippen MR) is 174 cm³/mol. The number of benzene rings is 1. The first-order valence-electron chi connectivity index (χ1n) is 17.5. The molecule has 6 saturated heterocycles. The molecule has 2 bridgehead atoms. The van der Waals surface area contributed by atoms with Crippen LogP contribution in [0.15, 0.2) is 30.3 Å². The third kappa shape index (κ3) is 7.85. The first-order chi connectivity index (χ1) is 22.3. The van der Waals surface area contributed by atoms with Crippen molar-refractivity contribution in [2.45, 2.75) is 81.8 Å². The molecule has 3 atom stereocenters. The van der Waals surface area contributed by atoms with E-state index in [1.807, 2.05) is 30.3 Å². The van der Waals surface area contributed by atoms with Crippen molar-refractivity contribution >= 4 is 23.6 Å². The predicted octanol–water partition coefficient (Wildman–Crippen LogP) is 1.87. The van der Waals surface area contributed by atoms with Gasteiger partial charge in [-0.05, 0) is 95.5 Å². The number of ether oxygens (including phenoxy) is 1. The monoisotopic (exact) mass is 636 g/mol. The largest absolute Gasteiger partial charge is 0.484 e. The van der Waals surface area contributed by atoms with Crippen LogP contribution in [-0.2, 0) is 19.2 Å². The third-order valence-electron chi connectivity index (χ3n) is 11.3. The van der Waals surface area contributed by atoms with Crippen molar-refractivity contribution in [1.82, 2.24) is 30.2 Å². The number of nitrogens with one attached hydrogen (secondary N) is 2. The average Bonchev–Trinajstić information content (AvgIpc) is 3.56. The van der Waals surface area contributed by atoms with E-state index in [-0.39, 0.29) is 48.7 Å². The van der Waals surface area contributed by atoms with Gasteiger partial charge in [0.15, 0.2) is 6.61 Å². The molecule has 11 heteroatoms. The SMILES string of the molecule is CN1CC[C@H]2CC(=O)N3CCC(CC3)N3CCC[C@H]3C(=O)NC3(CCN(C(=O)COc4ccccc4)CC3)CC(=O)NCC[C@H]2C1. The minimum Gasteiger partial charge on any atom is -0.484 e. The molecule has 6 aliphatic heterocycles. The Bertz CT molecular complexity index is 1230. The minimum atomic E-state index is -0.707. The summed E-state index contributed by atoms with van der Waals surface area (Å²) < 4.78 is 5.71. The van der Waals surface area contributed by atoms with Crippen molar-refractivity contribution in [2.75, 3.05) is 66.0 Å². The number of piperidine rings is 3. The van der Waals surface area contributed by atoms with E-state index in [0.717, 1.165) is 71.2 Å².